The first-order chi connectivity index (χ1) is 9.70. The molecule has 2 rings (SSSR count). The maximum absolute atomic E-state index is 5.24. The second-order valence-corrected chi connectivity index (χ2v) is 5.10. The molecule has 1 N–H and O–H groups in total. The van der Waals surface area contributed by atoms with Gasteiger partial charge in [0, 0.05) is 24.9 Å². The second kappa shape index (κ2) is 7.19. The molecular formula is C14H23N5O. The van der Waals surface area contributed by atoms with Crippen molar-refractivity contribution in [3.63, 3.8) is 0 Å². The summed E-state index contributed by atoms with van der Waals surface area (Å²) in [6, 6.07) is 2.47. The van der Waals surface area contributed by atoms with Crippen LogP contribution < -0.4 is 5.32 Å². The lowest BCUT2D eigenvalue weighted by atomic mass is 10.2. The summed E-state index contributed by atoms with van der Waals surface area (Å²) in [6.07, 6.45) is 6.89. The third-order valence-corrected chi connectivity index (χ3v) is 3.51. The van der Waals surface area contributed by atoms with Crippen molar-refractivity contribution < 1.29 is 4.52 Å². The Balaban J connectivity index is 1.81. The Bertz CT molecular complexity index is 493. The highest BCUT2D eigenvalue weighted by atomic mass is 16.5. The van der Waals surface area contributed by atoms with E-state index in [2.05, 4.69) is 41.3 Å². The molecule has 20 heavy (non-hydrogen) atoms. The summed E-state index contributed by atoms with van der Waals surface area (Å²) in [6.45, 7) is 7.00. The summed E-state index contributed by atoms with van der Waals surface area (Å²) < 4.78 is 7.18. The topological polar surface area (TPSA) is 68.8 Å². The molecule has 0 aliphatic carbocycles. The van der Waals surface area contributed by atoms with Gasteiger partial charge in [-0.2, -0.15) is 10.1 Å². The van der Waals surface area contributed by atoms with Gasteiger partial charge >= 0.3 is 0 Å². The van der Waals surface area contributed by atoms with E-state index in [0.717, 1.165) is 25.1 Å². The van der Waals surface area contributed by atoms with Crippen LogP contribution in [0.2, 0.25) is 0 Å². The van der Waals surface area contributed by atoms with Crippen molar-refractivity contribution in [3.8, 4) is 0 Å². The second-order valence-electron chi connectivity index (χ2n) is 5.10. The van der Waals surface area contributed by atoms with Crippen LogP contribution in [0.15, 0.2) is 23.0 Å². The van der Waals surface area contributed by atoms with E-state index in [0.29, 0.717) is 12.4 Å². The fraction of sp³-hybridized carbons (Fsp3) is 0.643. The molecule has 0 bridgehead atoms. The number of nitrogens with one attached hydrogen (secondary N) is 1. The molecule has 0 saturated carbocycles. The van der Waals surface area contributed by atoms with Gasteiger partial charge in [-0.05, 0) is 26.3 Å². The zero-order valence-corrected chi connectivity index (χ0v) is 12.4. The zero-order valence-electron chi connectivity index (χ0n) is 12.4. The molecule has 110 valence electrons. The minimum atomic E-state index is 0.265. The fourth-order valence-corrected chi connectivity index (χ4v) is 1.97. The van der Waals surface area contributed by atoms with E-state index in [4.69, 9.17) is 4.52 Å². The molecule has 0 spiro atoms. The lowest BCUT2D eigenvalue weighted by Crippen LogP contribution is -2.33. The van der Waals surface area contributed by atoms with E-state index in [9.17, 15) is 0 Å². The molecule has 0 unspecified atom stereocenters. The minimum absolute atomic E-state index is 0.265. The maximum atomic E-state index is 5.24. The Morgan fingerprint density at radius 2 is 2.25 bits per heavy atom. The highest BCUT2D eigenvalue weighted by Crippen LogP contribution is 2.10. The Morgan fingerprint density at radius 3 is 2.95 bits per heavy atom. The number of hydrogen-bond acceptors (Lipinski definition) is 5. The summed E-state index contributed by atoms with van der Waals surface area (Å²) in [5, 5.41) is 11.6. The summed E-state index contributed by atoms with van der Waals surface area (Å²) in [5.41, 5.74) is 0. The predicted molar refractivity (Wildman–Crippen MR) is 76.1 cm³/mol. The van der Waals surface area contributed by atoms with Crippen LogP contribution in [-0.4, -0.2) is 26.0 Å². The molecule has 2 atom stereocenters. The van der Waals surface area contributed by atoms with Crippen LogP contribution in [0.5, 0.6) is 0 Å². The number of aryl methyl sites for hydroxylation is 1. The molecule has 0 aromatic carbocycles. The summed E-state index contributed by atoms with van der Waals surface area (Å²) >= 11 is 0. The van der Waals surface area contributed by atoms with Crippen molar-refractivity contribution in [3.05, 3.63) is 30.2 Å². The van der Waals surface area contributed by atoms with Crippen LogP contribution in [0.1, 0.15) is 51.4 Å². The SMILES string of the molecule is CCCCc1noc(CN[C@@H](C)[C@H](C)n2cccn2)n1. The third kappa shape index (κ3) is 3.90. The summed E-state index contributed by atoms with van der Waals surface area (Å²) in [4.78, 5) is 4.38. The number of unbranched alkanes of at least 4 members (excludes halogenated alkanes) is 1. The first-order valence-electron chi connectivity index (χ1n) is 7.24. The van der Waals surface area contributed by atoms with E-state index in [1.54, 1.807) is 6.20 Å². The van der Waals surface area contributed by atoms with E-state index in [1.807, 2.05) is 16.9 Å². The monoisotopic (exact) mass is 277 g/mol. The Kier molecular flexibility index (Phi) is 5.29. The molecule has 0 radical (unpaired) electrons. The van der Waals surface area contributed by atoms with Crippen LogP contribution in [0.25, 0.3) is 0 Å². The van der Waals surface area contributed by atoms with Crippen molar-refractivity contribution in [1.29, 1.82) is 0 Å². The van der Waals surface area contributed by atoms with Gasteiger partial charge in [0.15, 0.2) is 5.82 Å². The maximum Gasteiger partial charge on any atom is 0.240 e. The van der Waals surface area contributed by atoms with Gasteiger partial charge in [0.2, 0.25) is 5.89 Å². The van der Waals surface area contributed by atoms with E-state index >= 15 is 0 Å². The number of rotatable bonds is 8. The van der Waals surface area contributed by atoms with Gasteiger partial charge in [-0.1, -0.05) is 18.5 Å². The molecular weight excluding hydrogens is 254 g/mol. The molecule has 2 heterocycles. The molecule has 0 aliphatic rings. The van der Waals surface area contributed by atoms with Gasteiger partial charge in [-0.25, -0.2) is 0 Å². The predicted octanol–water partition coefficient (Wildman–Crippen LogP) is 2.35. The van der Waals surface area contributed by atoms with Crippen LogP contribution >= 0.6 is 0 Å². The lowest BCUT2D eigenvalue weighted by Gasteiger charge is -2.20. The van der Waals surface area contributed by atoms with Crippen molar-refractivity contribution in [2.24, 2.45) is 0 Å². The van der Waals surface area contributed by atoms with E-state index in [-0.39, 0.29) is 12.1 Å². The van der Waals surface area contributed by atoms with Crippen molar-refractivity contribution in [2.75, 3.05) is 0 Å². The van der Waals surface area contributed by atoms with Gasteiger partial charge in [-0.3, -0.25) is 4.68 Å². The Hall–Kier alpha value is -1.69. The summed E-state index contributed by atoms with van der Waals surface area (Å²) in [5.74, 6) is 1.45. The smallest absolute Gasteiger partial charge is 0.240 e. The average Bonchev–Trinajstić information content (AvgIpc) is 3.13. The standard InChI is InChI=1S/C14H23N5O/c1-4-5-7-13-17-14(20-18-13)10-15-11(2)12(3)19-9-6-8-16-19/h6,8-9,11-12,15H,4-5,7,10H2,1-3H3/t11-,12-/m0/s1. The minimum Gasteiger partial charge on any atom is -0.338 e. The average molecular weight is 277 g/mol. The van der Waals surface area contributed by atoms with E-state index < -0.39 is 0 Å². The van der Waals surface area contributed by atoms with Crippen LogP contribution in [0.3, 0.4) is 0 Å². The Labute approximate surface area is 119 Å². The van der Waals surface area contributed by atoms with E-state index in [1.165, 1.54) is 0 Å². The van der Waals surface area contributed by atoms with Crippen molar-refractivity contribution >= 4 is 0 Å². The van der Waals surface area contributed by atoms with Gasteiger partial charge in [0.1, 0.15) is 0 Å². The summed E-state index contributed by atoms with van der Waals surface area (Å²) in [7, 11) is 0. The fourth-order valence-electron chi connectivity index (χ4n) is 1.97. The van der Waals surface area contributed by atoms with Gasteiger partial charge in [0.25, 0.3) is 0 Å². The zero-order chi connectivity index (χ0) is 14.4. The quantitative estimate of drug-likeness (QED) is 0.802. The molecule has 6 heteroatoms. The molecule has 6 nitrogen and oxygen atoms in total. The number of hydrogen-bond donors (Lipinski definition) is 1. The molecule has 0 amide bonds. The van der Waals surface area contributed by atoms with Crippen LogP contribution in [0.4, 0.5) is 0 Å². The number of nitrogens with zero attached hydrogens (tertiary/aromatic N) is 4. The molecule has 0 saturated heterocycles. The first-order valence-corrected chi connectivity index (χ1v) is 7.24. The first kappa shape index (κ1) is 14.7. The van der Waals surface area contributed by atoms with Gasteiger partial charge in [0.05, 0.1) is 12.6 Å². The Morgan fingerprint density at radius 1 is 1.40 bits per heavy atom. The highest BCUT2D eigenvalue weighted by Gasteiger charge is 2.15. The van der Waals surface area contributed by atoms with Gasteiger partial charge < -0.3 is 9.84 Å². The van der Waals surface area contributed by atoms with Crippen molar-refractivity contribution in [1.82, 2.24) is 25.2 Å². The highest BCUT2D eigenvalue weighted by molar-refractivity contribution is 4.88. The lowest BCUT2D eigenvalue weighted by molar-refractivity contribution is 0.323. The van der Waals surface area contributed by atoms with Gasteiger partial charge in [-0.15, -0.1) is 0 Å². The van der Waals surface area contributed by atoms with Crippen LogP contribution in [0, 0.1) is 0 Å². The number of aromatic nitrogens is 4. The molecule has 0 fully saturated rings. The third-order valence-electron chi connectivity index (χ3n) is 3.51. The molecule has 2 aromatic heterocycles. The molecule has 2 aromatic rings. The normalized spacial score (nSPS) is 14.3. The van der Waals surface area contributed by atoms with Crippen LogP contribution in [-0.2, 0) is 13.0 Å². The largest absolute Gasteiger partial charge is 0.338 e. The molecule has 0 aliphatic heterocycles. The van der Waals surface area contributed by atoms with Crippen molar-refractivity contribution in [2.45, 2.75) is 58.7 Å².